The van der Waals surface area contributed by atoms with Gasteiger partial charge in [0.25, 0.3) is 0 Å². The third-order valence-electron chi connectivity index (χ3n) is 9.42. The van der Waals surface area contributed by atoms with Crippen LogP contribution in [0.5, 0.6) is 11.5 Å². The van der Waals surface area contributed by atoms with Crippen molar-refractivity contribution < 1.29 is 28.5 Å². The zero-order chi connectivity index (χ0) is 30.4. The number of carboxylic acids is 1. The fraction of sp³-hybridized carbons (Fsp3) is 0.636. The lowest BCUT2D eigenvalue weighted by atomic mass is 9.88. The second-order valence-corrected chi connectivity index (χ2v) is 14.5. The smallest absolute Gasteiger partial charge is 0.325 e. The molecule has 3 atom stereocenters. The topological polar surface area (TPSA) is 93.2 Å². The molecule has 0 spiro atoms. The number of hydrogen-bond acceptors (Lipinski definition) is 7. The highest BCUT2D eigenvalue weighted by Gasteiger charge is 2.44. The highest BCUT2D eigenvalue weighted by atomic mass is 127. The normalized spacial score (nSPS) is 22.4. The van der Waals surface area contributed by atoms with Crippen LogP contribution in [0.25, 0.3) is 0 Å². The van der Waals surface area contributed by atoms with Crippen molar-refractivity contribution in [1.82, 2.24) is 9.88 Å². The van der Waals surface area contributed by atoms with Crippen LogP contribution >= 0.6 is 22.6 Å². The fourth-order valence-electron chi connectivity index (χ4n) is 6.70. The maximum atomic E-state index is 14.5. The lowest BCUT2D eigenvalue weighted by Gasteiger charge is -2.32. The van der Waals surface area contributed by atoms with Gasteiger partial charge in [0.2, 0.25) is 0 Å². The zero-order valence-corrected chi connectivity index (χ0v) is 27.5. The van der Waals surface area contributed by atoms with E-state index in [1.807, 2.05) is 4.90 Å². The number of methoxy groups -OCH3 is 1. The molecule has 236 valence electrons. The Morgan fingerprint density at radius 3 is 2.86 bits per heavy atom. The molecule has 0 amide bonds. The average Bonchev–Trinajstić information content (AvgIpc) is 3.41. The molecule has 3 aliphatic heterocycles. The number of alkyl halides is 1. The van der Waals surface area contributed by atoms with Crippen molar-refractivity contribution in [2.45, 2.75) is 74.2 Å². The Bertz CT molecular complexity index is 1240. The first kappa shape index (κ1) is 32.2. The number of aromatic nitrogens is 1. The van der Waals surface area contributed by atoms with E-state index in [4.69, 9.17) is 19.2 Å². The number of likely N-dealkylation sites (tertiary alicyclic amines) is 1. The summed E-state index contributed by atoms with van der Waals surface area (Å²) in [5.41, 5.74) is 2.64. The summed E-state index contributed by atoms with van der Waals surface area (Å²) >= 11 is 2.55. The maximum Gasteiger partial charge on any atom is 0.325 e. The van der Waals surface area contributed by atoms with Gasteiger partial charge in [-0.1, -0.05) is 35.9 Å². The van der Waals surface area contributed by atoms with Gasteiger partial charge in [-0.15, -0.1) is 0 Å². The molecule has 0 bridgehead atoms. The Balaban J connectivity index is 1.18. The second-order valence-electron chi connectivity index (χ2n) is 12.4. The molecule has 2 N–H and O–H groups in total. The van der Waals surface area contributed by atoms with Crippen molar-refractivity contribution in [3.63, 3.8) is 0 Å². The molecule has 2 unspecified atom stereocenters. The van der Waals surface area contributed by atoms with Gasteiger partial charge in [0.1, 0.15) is 29.2 Å². The van der Waals surface area contributed by atoms with Crippen molar-refractivity contribution in [2.24, 2.45) is 11.8 Å². The van der Waals surface area contributed by atoms with E-state index >= 15 is 0 Å². The number of pyridine rings is 1. The van der Waals surface area contributed by atoms with Crippen LogP contribution in [0.2, 0.25) is 0 Å². The second kappa shape index (κ2) is 14.7. The number of aliphatic carboxylic acids is 1. The minimum absolute atomic E-state index is 0.0564. The van der Waals surface area contributed by atoms with Crippen LogP contribution in [-0.2, 0) is 22.4 Å². The highest BCUT2D eigenvalue weighted by molar-refractivity contribution is 14.1. The lowest BCUT2D eigenvalue weighted by molar-refractivity contribution is -0.143. The number of unbranched alkanes of at least 4 members (excludes halogenated alkanes) is 1. The summed E-state index contributed by atoms with van der Waals surface area (Å²) in [5, 5.41) is 13.8. The van der Waals surface area contributed by atoms with Gasteiger partial charge < -0.3 is 24.6 Å². The van der Waals surface area contributed by atoms with Gasteiger partial charge in [-0.05, 0) is 81.4 Å². The van der Waals surface area contributed by atoms with Gasteiger partial charge in [-0.3, -0.25) is 9.69 Å². The van der Waals surface area contributed by atoms with Gasteiger partial charge in [0.15, 0.2) is 0 Å². The standard InChI is InChI=1S/C33H45FIN3O5/c1-22(6-3-4-7-25-19-29(41-2)26-8-5-14-36-31(26)37-25)33(35)13-15-38(21-33)30(32(39)40)27-18-24(34)9-10-28(27)43-20-23-11-16-42-17-12-23/h9-10,18-19,22-23,30H,3-8,11-17,20-21H2,1-2H3,(H,36,37)(H,39,40)/t22?,30?,33-/m0/s1. The van der Waals surface area contributed by atoms with Crippen molar-refractivity contribution in [2.75, 3.05) is 51.9 Å². The Morgan fingerprint density at radius 2 is 2.09 bits per heavy atom. The van der Waals surface area contributed by atoms with Crippen LogP contribution in [-0.4, -0.2) is 70.9 Å². The summed E-state index contributed by atoms with van der Waals surface area (Å²) in [6.07, 6.45) is 8.86. The maximum absolute atomic E-state index is 14.5. The van der Waals surface area contributed by atoms with E-state index in [0.717, 1.165) is 81.6 Å². The number of fused-ring (bicyclic) bond motifs is 1. The molecule has 2 saturated heterocycles. The molecule has 4 heterocycles. The molecule has 2 fully saturated rings. The quantitative estimate of drug-likeness (QED) is 0.140. The summed E-state index contributed by atoms with van der Waals surface area (Å²) in [6, 6.07) is 5.41. The number of carbonyl (C=O) groups is 1. The summed E-state index contributed by atoms with van der Waals surface area (Å²) in [7, 11) is 1.73. The van der Waals surface area contributed by atoms with E-state index in [2.05, 4.69) is 40.9 Å². The van der Waals surface area contributed by atoms with Gasteiger partial charge in [-0.25, -0.2) is 9.37 Å². The van der Waals surface area contributed by atoms with E-state index in [9.17, 15) is 14.3 Å². The first-order valence-corrected chi connectivity index (χ1v) is 16.8. The number of aryl methyl sites for hydroxylation is 1. The molecular formula is C33H45FIN3O5. The van der Waals surface area contributed by atoms with Crippen LogP contribution in [0.3, 0.4) is 0 Å². The van der Waals surface area contributed by atoms with Crippen LogP contribution in [0, 0.1) is 17.7 Å². The third kappa shape index (κ3) is 7.92. The van der Waals surface area contributed by atoms with Crippen molar-refractivity contribution in [3.8, 4) is 11.5 Å². The predicted molar refractivity (Wildman–Crippen MR) is 173 cm³/mol. The number of hydrogen-bond donors (Lipinski definition) is 2. The zero-order valence-electron chi connectivity index (χ0n) is 25.4. The minimum Gasteiger partial charge on any atom is -0.496 e. The molecule has 10 heteroatoms. The van der Waals surface area contributed by atoms with Crippen LogP contribution < -0.4 is 14.8 Å². The fourth-order valence-corrected chi connectivity index (χ4v) is 7.69. The first-order valence-electron chi connectivity index (χ1n) is 15.7. The minimum atomic E-state index is -0.975. The van der Waals surface area contributed by atoms with E-state index in [1.165, 1.54) is 17.7 Å². The number of nitrogens with one attached hydrogen (secondary N) is 1. The number of halogens is 2. The van der Waals surface area contributed by atoms with E-state index < -0.39 is 17.8 Å². The number of rotatable bonds is 13. The molecule has 43 heavy (non-hydrogen) atoms. The third-order valence-corrected chi connectivity index (χ3v) is 11.4. The lowest BCUT2D eigenvalue weighted by Crippen LogP contribution is -2.38. The molecule has 8 nitrogen and oxygen atoms in total. The predicted octanol–water partition coefficient (Wildman–Crippen LogP) is 6.45. The van der Waals surface area contributed by atoms with Gasteiger partial charge in [-0.2, -0.15) is 0 Å². The molecule has 3 aliphatic rings. The van der Waals surface area contributed by atoms with E-state index in [-0.39, 0.29) is 3.42 Å². The molecule has 2 aromatic rings. The summed E-state index contributed by atoms with van der Waals surface area (Å²) in [4.78, 5) is 19.5. The Hall–Kier alpha value is -2.18. The number of benzene rings is 1. The van der Waals surface area contributed by atoms with Crippen molar-refractivity contribution in [1.29, 1.82) is 0 Å². The highest BCUT2D eigenvalue weighted by Crippen LogP contribution is 2.44. The molecule has 0 saturated carbocycles. The van der Waals surface area contributed by atoms with Crippen molar-refractivity contribution >= 4 is 34.4 Å². The van der Waals surface area contributed by atoms with Crippen molar-refractivity contribution in [3.05, 3.63) is 46.9 Å². The summed E-state index contributed by atoms with van der Waals surface area (Å²) in [5.74, 6) is 1.69. The van der Waals surface area contributed by atoms with E-state index in [0.29, 0.717) is 56.1 Å². The summed E-state index contributed by atoms with van der Waals surface area (Å²) < 4.78 is 31.6. The largest absolute Gasteiger partial charge is 0.496 e. The first-order chi connectivity index (χ1) is 20.8. The van der Waals surface area contributed by atoms with Gasteiger partial charge >= 0.3 is 5.97 Å². The van der Waals surface area contributed by atoms with Crippen LogP contribution in [0.1, 0.15) is 74.7 Å². The molecular weight excluding hydrogens is 664 g/mol. The molecule has 0 radical (unpaired) electrons. The monoisotopic (exact) mass is 709 g/mol. The van der Waals surface area contributed by atoms with Gasteiger partial charge in [0, 0.05) is 59.2 Å². The molecule has 0 aliphatic carbocycles. The van der Waals surface area contributed by atoms with Crippen LogP contribution in [0.4, 0.5) is 10.2 Å². The number of anilines is 1. The van der Waals surface area contributed by atoms with Crippen LogP contribution in [0.15, 0.2) is 24.3 Å². The average molecular weight is 710 g/mol. The Morgan fingerprint density at radius 1 is 1.28 bits per heavy atom. The number of ether oxygens (including phenoxy) is 3. The molecule has 5 rings (SSSR count). The SMILES string of the molecule is COc1cc(CCCCC(C)[C@]2(I)CCN(C(C(=O)O)c3cc(F)ccc3OCC3CCOCC3)C2)nc2c1CCCN2. The number of nitrogens with zero attached hydrogens (tertiary/aromatic N) is 2. The van der Waals surface area contributed by atoms with E-state index in [1.54, 1.807) is 13.2 Å². The molecule has 1 aromatic heterocycles. The number of carboxylic acid groups (broad SMARTS) is 1. The molecule has 1 aromatic carbocycles. The summed E-state index contributed by atoms with van der Waals surface area (Å²) in [6.45, 7) is 6.41. The Labute approximate surface area is 268 Å². The Kier molecular flexibility index (Phi) is 11.0. The van der Waals surface area contributed by atoms with Gasteiger partial charge in [0.05, 0.1) is 13.7 Å².